The molecule has 1 aliphatic carbocycles. The lowest BCUT2D eigenvalue weighted by atomic mass is 9.85. The van der Waals surface area contributed by atoms with Crippen molar-refractivity contribution in [3.05, 3.63) is 21.9 Å². The maximum absolute atomic E-state index is 10.6. The first-order chi connectivity index (χ1) is 10.9. The highest BCUT2D eigenvalue weighted by molar-refractivity contribution is 6.41. The van der Waals surface area contributed by atoms with Crippen molar-refractivity contribution in [2.75, 3.05) is 13.1 Å². The topological polar surface area (TPSA) is 61.6 Å². The van der Waals surface area contributed by atoms with Gasteiger partial charge in [0.15, 0.2) is 5.96 Å². The van der Waals surface area contributed by atoms with E-state index in [1.165, 1.54) is 6.42 Å². The third-order valence-electron chi connectivity index (χ3n) is 4.33. The fraction of sp³-hybridized carbons (Fsp3) is 0.688. The first-order valence-corrected chi connectivity index (χ1v) is 8.95. The van der Waals surface area contributed by atoms with Crippen molar-refractivity contribution >= 4 is 29.2 Å². The molecule has 0 radical (unpaired) electrons. The van der Waals surface area contributed by atoms with Crippen LogP contribution in [0.15, 0.2) is 11.1 Å². The molecule has 130 valence electrons. The van der Waals surface area contributed by atoms with Crippen molar-refractivity contribution in [3.63, 3.8) is 0 Å². The van der Waals surface area contributed by atoms with Crippen LogP contribution in [0.25, 0.3) is 0 Å². The highest BCUT2D eigenvalue weighted by Crippen LogP contribution is 2.27. The molecule has 1 aromatic rings. The first-order valence-electron chi connectivity index (χ1n) is 8.19. The van der Waals surface area contributed by atoms with Crippen LogP contribution in [0.2, 0.25) is 10.2 Å². The van der Waals surface area contributed by atoms with Crippen molar-refractivity contribution in [2.24, 2.45) is 12.0 Å². The lowest BCUT2D eigenvalue weighted by Crippen LogP contribution is -2.48. The van der Waals surface area contributed by atoms with Gasteiger partial charge in [-0.2, -0.15) is 0 Å². The Balaban J connectivity index is 1.98. The lowest BCUT2D eigenvalue weighted by molar-refractivity contribution is 0.00859. The summed E-state index contributed by atoms with van der Waals surface area (Å²) in [7, 11) is 1.87. The Morgan fingerprint density at radius 2 is 2.00 bits per heavy atom. The molecule has 0 bridgehead atoms. The van der Waals surface area contributed by atoms with Gasteiger partial charge in [0, 0.05) is 25.8 Å². The molecule has 0 aliphatic heterocycles. The smallest absolute Gasteiger partial charge is 0.191 e. The Bertz CT molecular complexity index is 551. The van der Waals surface area contributed by atoms with Crippen LogP contribution in [0.1, 0.15) is 44.7 Å². The Labute approximate surface area is 148 Å². The zero-order valence-corrected chi connectivity index (χ0v) is 15.3. The molecule has 1 heterocycles. The van der Waals surface area contributed by atoms with Crippen molar-refractivity contribution < 1.29 is 5.11 Å². The lowest BCUT2D eigenvalue weighted by Gasteiger charge is -2.32. The SMILES string of the molecule is CCNC(=NCc1cc(Cl)c(Cl)n1C)NCC1(O)CCCCC1. The van der Waals surface area contributed by atoms with Gasteiger partial charge in [-0.15, -0.1) is 0 Å². The number of aromatic nitrogens is 1. The number of rotatable bonds is 5. The van der Waals surface area contributed by atoms with Gasteiger partial charge in [0.1, 0.15) is 5.15 Å². The third kappa shape index (κ3) is 5.03. The summed E-state index contributed by atoms with van der Waals surface area (Å²) in [6.45, 7) is 3.77. The molecule has 1 saturated carbocycles. The molecular weight excluding hydrogens is 335 g/mol. The minimum atomic E-state index is -0.619. The van der Waals surface area contributed by atoms with Gasteiger partial charge in [-0.05, 0) is 25.8 Å². The van der Waals surface area contributed by atoms with Crippen LogP contribution >= 0.6 is 23.2 Å². The van der Waals surface area contributed by atoms with E-state index in [-0.39, 0.29) is 0 Å². The molecular formula is C16H26Cl2N4O. The predicted molar refractivity (Wildman–Crippen MR) is 96.3 cm³/mol. The molecule has 0 aromatic carbocycles. The summed E-state index contributed by atoms with van der Waals surface area (Å²) in [5, 5.41) is 18.1. The van der Waals surface area contributed by atoms with Crippen LogP contribution in [0.5, 0.6) is 0 Å². The van der Waals surface area contributed by atoms with E-state index in [4.69, 9.17) is 23.2 Å². The third-order valence-corrected chi connectivity index (χ3v) is 5.17. The van der Waals surface area contributed by atoms with Crippen molar-refractivity contribution in [1.29, 1.82) is 0 Å². The van der Waals surface area contributed by atoms with E-state index in [0.29, 0.717) is 29.2 Å². The molecule has 0 atom stereocenters. The summed E-state index contributed by atoms with van der Waals surface area (Å²) in [4.78, 5) is 4.56. The Morgan fingerprint density at radius 1 is 1.30 bits per heavy atom. The standard InChI is InChI=1S/C16H26Cl2N4O/c1-3-19-15(21-11-16(23)7-5-4-6-8-16)20-10-12-9-13(17)14(18)22(12)2/h9,23H,3-8,10-11H2,1-2H3,(H2,19,20,21). The molecule has 2 rings (SSSR count). The van der Waals surface area contributed by atoms with Gasteiger partial charge >= 0.3 is 0 Å². The zero-order chi connectivity index (χ0) is 16.9. The summed E-state index contributed by atoms with van der Waals surface area (Å²) in [5.41, 5.74) is 0.319. The number of nitrogens with zero attached hydrogens (tertiary/aromatic N) is 2. The van der Waals surface area contributed by atoms with Gasteiger partial charge in [-0.1, -0.05) is 42.5 Å². The van der Waals surface area contributed by atoms with Gasteiger partial charge in [0.2, 0.25) is 0 Å². The summed E-state index contributed by atoms with van der Waals surface area (Å²) in [6.07, 6.45) is 5.09. The summed E-state index contributed by atoms with van der Waals surface area (Å²) < 4.78 is 1.83. The van der Waals surface area contributed by atoms with E-state index in [9.17, 15) is 5.11 Å². The number of hydrogen-bond donors (Lipinski definition) is 3. The van der Waals surface area contributed by atoms with Crippen molar-refractivity contribution in [3.8, 4) is 0 Å². The molecule has 1 fully saturated rings. The molecule has 3 N–H and O–H groups in total. The molecule has 0 unspecified atom stereocenters. The molecule has 7 heteroatoms. The Morgan fingerprint density at radius 3 is 2.57 bits per heavy atom. The minimum Gasteiger partial charge on any atom is -0.388 e. The fourth-order valence-corrected chi connectivity index (χ4v) is 3.29. The number of aliphatic hydroxyl groups is 1. The van der Waals surface area contributed by atoms with E-state index in [1.807, 2.05) is 24.6 Å². The van der Waals surface area contributed by atoms with Crippen molar-refractivity contribution in [1.82, 2.24) is 15.2 Å². The average molecular weight is 361 g/mol. The van der Waals surface area contributed by atoms with Crippen molar-refractivity contribution in [2.45, 2.75) is 51.2 Å². The van der Waals surface area contributed by atoms with Crippen LogP contribution in [-0.2, 0) is 13.6 Å². The molecule has 1 aromatic heterocycles. The second-order valence-corrected chi connectivity index (χ2v) is 6.93. The summed E-state index contributed by atoms with van der Waals surface area (Å²) >= 11 is 12.1. The number of nitrogens with one attached hydrogen (secondary N) is 2. The van der Waals surface area contributed by atoms with Crippen LogP contribution in [0.4, 0.5) is 0 Å². The quantitative estimate of drug-likeness (QED) is 0.558. The molecule has 5 nitrogen and oxygen atoms in total. The van der Waals surface area contributed by atoms with Gasteiger partial charge in [-0.25, -0.2) is 4.99 Å². The van der Waals surface area contributed by atoms with Crippen LogP contribution in [-0.4, -0.2) is 34.3 Å². The second kappa shape index (κ2) is 8.27. The largest absolute Gasteiger partial charge is 0.388 e. The maximum Gasteiger partial charge on any atom is 0.191 e. The Hall–Kier alpha value is -0.910. The van der Waals surface area contributed by atoms with Gasteiger partial charge in [0.25, 0.3) is 0 Å². The monoisotopic (exact) mass is 360 g/mol. The van der Waals surface area contributed by atoms with E-state index in [0.717, 1.165) is 37.9 Å². The van der Waals surface area contributed by atoms with Crippen LogP contribution in [0, 0.1) is 0 Å². The molecule has 0 saturated heterocycles. The highest BCUT2D eigenvalue weighted by Gasteiger charge is 2.29. The highest BCUT2D eigenvalue weighted by atomic mass is 35.5. The van der Waals surface area contributed by atoms with E-state index < -0.39 is 5.60 Å². The number of halogens is 2. The van der Waals surface area contributed by atoms with Gasteiger partial charge in [-0.3, -0.25) is 0 Å². The molecule has 0 spiro atoms. The predicted octanol–water partition coefficient (Wildman–Crippen LogP) is 3.08. The normalized spacial score (nSPS) is 18.0. The number of guanidine groups is 1. The molecule has 1 aliphatic rings. The fourth-order valence-electron chi connectivity index (χ4n) is 2.88. The van der Waals surface area contributed by atoms with Gasteiger partial charge in [0.05, 0.1) is 17.2 Å². The minimum absolute atomic E-state index is 0.469. The second-order valence-electron chi connectivity index (χ2n) is 6.17. The number of hydrogen-bond acceptors (Lipinski definition) is 2. The van der Waals surface area contributed by atoms with E-state index in [1.54, 1.807) is 0 Å². The average Bonchev–Trinajstić information content (AvgIpc) is 2.78. The summed E-state index contributed by atoms with van der Waals surface area (Å²) in [5.74, 6) is 0.694. The van der Waals surface area contributed by atoms with Crippen LogP contribution in [0.3, 0.4) is 0 Å². The van der Waals surface area contributed by atoms with Crippen LogP contribution < -0.4 is 10.6 Å². The Kier molecular flexibility index (Phi) is 6.62. The number of aliphatic imine (C=N–C) groups is 1. The zero-order valence-electron chi connectivity index (χ0n) is 13.8. The molecule has 0 amide bonds. The molecule has 23 heavy (non-hydrogen) atoms. The van der Waals surface area contributed by atoms with E-state index >= 15 is 0 Å². The maximum atomic E-state index is 10.6. The first kappa shape index (κ1) is 18.4. The summed E-state index contributed by atoms with van der Waals surface area (Å²) in [6, 6.07) is 1.83. The van der Waals surface area contributed by atoms with Gasteiger partial charge < -0.3 is 20.3 Å². The van der Waals surface area contributed by atoms with E-state index in [2.05, 4.69) is 15.6 Å².